The zero-order valence-electron chi connectivity index (χ0n) is 10.9. The molecule has 0 bridgehead atoms. The van der Waals surface area contributed by atoms with Crippen LogP contribution < -0.4 is 0 Å². The molecule has 112 valence electrons. The lowest BCUT2D eigenvalue weighted by molar-refractivity contribution is -0.143. The molecule has 1 fully saturated rings. The third-order valence-electron chi connectivity index (χ3n) is 3.58. The number of carbonyl (C=O) groups excluding carboxylic acids is 1. The molecule has 0 N–H and O–H groups in total. The largest absolute Gasteiger partial charge is 0.333 e. The van der Waals surface area contributed by atoms with Crippen LogP contribution in [0.3, 0.4) is 0 Å². The molecule has 9 heteroatoms. The van der Waals surface area contributed by atoms with Crippen LogP contribution in [0.1, 0.15) is 12.8 Å². The van der Waals surface area contributed by atoms with Crippen LogP contribution in [0.25, 0.3) is 11.0 Å². The molecule has 1 aliphatic rings. The molecule has 0 spiro atoms. The summed E-state index contributed by atoms with van der Waals surface area (Å²) in [4.78, 5) is 20.7. The fraction of sp³-hybridized carbons (Fsp3) is 0.500. The highest BCUT2D eigenvalue weighted by Gasteiger charge is 2.33. The Morgan fingerprint density at radius 1 is 1.48 bits per heavy atom. The van der Waals surface area contributed by atoms with E-state index in [0.29, 0.717) is 37.0 Å². The summed E-state index contributed by atoms with van der Waals surface area (Å²) in [5, 5.41) is 4.97. The smallest absolute Gasteiger partial charge is 0.315 e. The van der Waals surface area contributed by atoms with Crippen molar-refractivity contribution in [3.8, 4) is 0 Å². The third-order valence-corrected chi connectivity index (χ3v) is 3.76. The summed E-state index contributed by atoms with van der Waals surface area (Å²) in [6.45, 7) is 0.665. The number of nitrogens with zero attached hydrogens (tertiary/aromatic N) is 5. The molecule has 2 aromatic heterocycles. The van der Waals surface area contributed by atoms with Crippen molar-refractivity contribution in [2.24, 2.45) is 0 Å². The first-order valence-corrected chi connectivity index (χ1v) is 6.87. The van der Waals surface area contributed by atoms with E-state index >= 15 is 0 Å². The maximum Gasteiger partial charge on any atom is 0.315 e. The van der Waals surface area contributed by atoms with Crippen molar-refractivity contribution in [2.75, 3.05) is 6.54 Å². The molecule has 21 heavy (non-hydrogen) atoms. The van der Waals surface area contributed by atoms with Crippen LogP contribution >= 0.6 is 11.6 Å². The van der Waals surface area contributed by atoms with Gasteiger partial charge in [0.2, 0.25) is 5.28 Å². The van der Waals surface area contributed by atoms with Crippen LogP contribution in [-0.2, 0) is 11.3 Å². The van der Waals surface area contributed by atoms with E-state index in [1.807, 2.05) is 0 Å². The maximum atomic E-state index is 12.6. The van der Waals surface area contributed by atoms with Crippen LogP contribution in [0.5, 0.6) is 0 Å². The normalized spacial score (nSPS) is 18.9. The average molecular weight is 316 g/mol. The maximum absolute atomic E-state index is 12.6. The fourth-order valence-electron chi connectivity index (χ4n) is 2.62. The van der Waals surface area contributed by atoms with E-state index in [9.17, 15) is 13.6 Å². The Labute approximate surface area is 123 Å². The highest BCUT2D eigenvalue weighted by atomic mass is 35.5. The molecule has 2 aromatic rings. The lowest BCUT2D eigenvalue weighted by Crippen LogP contribution is -2.41. The summed E-state index contributed by atoms with van der Waals surface area (Å²) in [6.07, 6.45) is 1.53. The molecule has 3 rings (SSSR count). The lowest BCUT2D eigenvalue weighted by atomic mass is 10.2. The number of fused-ring (bicyclic) bond motifs is 1. The SMILES string of the molecule is O=C(C(F)F)N1CCC[C@H]1Cn1ncc2cnc(Cl)nc21. The number of hydrogen-bond acceptors (Lipinski definition) is 4. The second-order valence-electron chi connectivity index (χ2n) is 4.87. The Balaban J connectivity index is 1.84. The van der Waals surface area contributed by atoms with Crippen molar-refractivity contribution < 1.29 is 13.6 Å². The van der Waals surface area contributed by atoms with E-state index in [4.69, 9.17) is 11.6 Å². The molecule has 6 nitrogen and oxygen atoms in total. The van der Waals surface area contributed by atoms with E-state index in [1.165, 1.54) is 4.90 Å². The van der Waals surface area contributed by atoms with Crippen LogP contribution in [-0.4, -0.2) is 49.6 Å². The van der Waals surface area contributed by atoms with Gasteiger partial charge in [-0.1, -0.05) is 0 Å². The van der Waals surface area contributed by atoms with Gasteiger partial charge in [0.05, 0.1) is 24.2 Å². The van der Waals surface area contributed by atoms with Gasteiger partial charge in [0.15, 0.2) is 5.65 Å². The quantitative estimate of drug-likeness (QED) is 0.809. The topological polar surface area (TPSA) is 63.9 Å². The Hall–Kier alpha value is -1.83. The number of hydrogen-bond donors (Lipinski definition) is 0. The molecule has 0 aliphatic carbocycles. The highest BCUT2D eigenvalue weighted by molar-refractivity contribution is 6.28. The molecule has 0 aromatic carbocycles. The van der Waals surface area contributed by atoms with Crippen molar-refractivity contribution >= 4 is 28.5 Å². The predicted octanol–water partition coefficient (Wildman–Crippen LogP) is 1.74. The van der Waals surface area contributed by atoms with E-state index in [2.05, 4.69) is 15.1 Å². The Bertz CT molecular complexity index is 677. The Morgan fingerprint density at radius 2 is 2.29 bits per heavy atom. The van der Waals surface area contributed by atoms with E-state index in [1.54, 1.807) is 17.1 Å². The van der Waals surface area contributed by atoms with Crippen molar-refractivity contribution in [1.29, 1.82) is 0 Å². The summed E-state index contributed by atoms with van der Waals surface area (Å²) in [5.74, 6) is -1.12. The molecule has 1 saturated heterocycles. The minimum Gasteiger partial charge on any atom is -0.333 e. The van der Waals surface area contributed by atoms with Crippen molar-refractivity contribution in [1.82, 2.24) is 24.6 Å². The second kappa shape index (κ2) is 5.51. The van der Waals surface area contributed by atoms with Gasteiger partial charge in [0, 0.05) is 12.7 Å². The predicted molar refractivity (Wildman–Crippen MR) is 71.1 cm³/mol. The number of alkyl halides is 2. The first-order valence-electron chi connectivity index (χ1n) is 6.49. The van der Waals surface area contributed by atoms with Gasteiger partial charge >= 0.3 is 6.43 Å². The van der Waals surface area contributed by atoms with Gasteiger partial charge in [-0.05, 0) is 24.4 Å². The van der Waals surface area contributed by atoms with E-state index < -0.39 is 12.3 Å². The van der Waals surface area contributed by atoms with Crippen molar-refractivity contribution in [3.05, 3.63) is 17.7 Å². The van der Waals surface area contributed by atoms with Gasteiger partial charge in [-0.3, -0.25) is 4.79 Å². The summed E-state index contributed by atoms with van der Waals surface area (Å²) in [7, 11) is 0. The number of carbonyl (C=O) groups is 1. The lowest BCUT2D eigenvalue weighted by Gasteiger charge is -2.24. The molecule has 1 atom stereocenters. The molecule has 3 heterocycles. The van der Waals surface area contributed by atoms with E-state index in [0.717, 1.165) is 0 Å². The minimum atomic E-state index is -2.98. The second-order valence-corrected chi connectivity index (χ2v) is 5.21. The summed E-state index contributed by atoms with van der Waals surface area (Å²) < 4.78 is 26.7. The Kier molecular flexibility index (Phi) is 3.71. The number of halogens is 3. The molecule has 0 unspecified atom stereocenters. The first-order chi connectivity index (χ1) is 10.1. The van der Waals surface area contributed by atoms with Crippen molar-refractivity contribution in [3.63, 3.8) is 0 Å². The molecular weight excluding hydrogens is 304 g/mol. The van der Waals surface area contributed by atoms with Crippen LogP contribution in [0.15, 0.2) is 12.4 Å². The van der Waals surface area contributed by atoms with Gasteiger partial charge in [0.25, 0.3) is 5.91 Å². The summed E-state index contributed by atoms with van der Waals surface area (Å²) >= 11 is 5.76. The van der Waals surface area contributed by atoms with Gasteiger partial charge < -0.3 is 4.90 Å². The average Bonchev–Trinajstić information content (AvgIpc) is 3.06. The van der Waals surface area contributed by atoms with Gasteiger partial charge in [-0.25, -0.2) is 9.67 Å². The molecule has 0 radical (unpaired) electrons. The Morgan fingerprint density at radius 3 is 3.05 bits per heavy atom. The standard InChI is InChI=1S/C12H12ClF2N5O/c13-12-16-4-7-5-17-20(10(7)18-12)6-8-2-1-3-19(8)11(21)9(14)15/h4-5,8-9H,1-3,6H2/t8-/m0/s1. The van der Waals surface area contributed by atoms with Crippen LogP contribution in [0, 0.1) is 0 Å². The number of amides is 1. The van der Waals surface area contributed by atoms with E-state index in [-0.39, 0.29) is 11.3 Å². The van der Waals surface area contributed by atoms with Crippen LogP contribution in [0.4, 0.5) is 8.78 Å². The van der Waals surface area contributed by atoms with Gasteiger partial charge in [-0.2, -0.15) is 18.9 Å². The summed E-state index contributed by atoms with van der Waals surface area (Å²) in [6, 6.07) is -0.302. The number of aromatic nitrogens is 4. The molecule has 0 saturated carbocycles. The molecular formula is C12H12ClF2N5O. The number of likely N-dealkylation sites (tertiary alicyclic amines) is 1. The third kappa shape index (κ3) is 2.67. The first kappa shape index (κ1) is 14.1. The zero-order valence-corrected chi connectivity index (χ0v) is 11.7. The fourth-order valence-corrected chi connectivity index (χ4v) is 2.75. The molecule has 1 aliphatic heterocycles. The highest BCUT2D eigenvalue weighted by Crippen LogP contribution is 2.22. The monoisotopic (exact) mass is 315 g/mol. The van der Waals surface area contributed by atoms with Crippen molar-refractivity contribution in [2.45, 2.75) is 31.9 Å². The van der Waals surface area contributed by atoms with Crippen LogP contribution in [0.2, 0.25) is 5.28 Å². The molecule has 1 amide bonds. The van der Waals surface area contributed by atoms with Gasteiger partial charge in [-0.15, -0.1) is 0 Å². The minimum absolute atomic E-state index is 0.0937. The zero-order chi connectivity index (χ0) is 15.0. The number of rotatable bonds is 3. The van der Waals surface area contributed by atoms with Gasteiger partial charge in [0.1, 0.15) is 0 Å². The summed E-state index contributed by atoms with van der Waals surface area (Å²) in [5.41, 5.74) is 0.534.